The fourth-order valence-corrected chi connectivity index (χ4v) is 3.27. The van der Waals surface area contributed by atoms with E-state index in [9.17, 15) is 23.9 Å². The molecule has 0 fully saturated rings. The zero-order valence-corrected chi connectivity index (χ0v) is 16.1. The summed E-state index contributed by atoms with van der Waals surface area (Å²) in [6.07, 6.45) is 0.0909. The molecule has 1 amide bonds. The van der Waals surface area contributed by atoms with Crippen molar-refractivity contribution in [3.8, 4) is 5.75 Å². The number of halogens is 3. The number of amides is 1. The summed E-state index contributed by atoms with van der Waals surface area (Å²) in [5, 5.41) is 21.7. The molecule has 0 radical (unpaired) electrons. The molecular formula is C19H13Cl2FN2O5. The minimum atomic E-state index is -1.33. The Balaban J connectivity index is 2.14. The van der Waals surface area contributed by atoms with Crippen LogP contribution in [0.25, 0.3) is 10.9 Å². The Bertz CT molecular complexity index is 1210. The van der Waals surface area contributed by atoms with Crippen molar-refractivity contribution in [2.45, 2.75) is 6.42 Å². The van der Waals surface area contributed by atoms with E-state index in [4.69, 9.17) is 28.3 Å². The molecule has 2 aromatic carbocycles. The molecule has 0 bridgehead atoms. The van der Waals surface area contributed by atoms with Crippen molar-refractivity contribution in [2.24, 2.45) is 0 Å². The molecule has 0 atom stereocenters. The largest absolute Gasteiger partial charge is 0.506 e. The molecule has 7 nitrogen and oxygen atoms in total. The molecule has 0 aliphatic carbocycles. The van der Waals surface area contributed by atoms with E-state index < -0.39 is 41.1 Å². The van der Waals surface area contributed by atoms with Gasteiger partial charge in [-0.25, -0.2) is 4.39 Å². The predicted molar refractivity (Wildman–Crippen MR) is 105 cm³/mol. The Labute approximate surface area is 172 Å². The van der Waals surface area contributed by atoms with Crippen molar-refractivity contribution >= 4 is 46.0 Å². The maximum absolute atomic E-state index is 14.2. The van der Waals surface area contributed by atoms with E-state index in [1.165, 1.54) is 6.07 Å². The molecule has 0 saturated carbocycles. The normalized spacial score (nSPS) is 10.9. The highest BCUT2D eigenvalue weighted by Gasteiger charge is 2.21. The van der Waals surface area contributed by atoms with Gasteiger partial charge in [0.15, 0.2) is 0 Å². The van der Waals surface area contributed by atoms with E-state index in [0.717, 1.165) is 6.07 Å². The van der Waals surface area contributed by atoms with E-state index in [2.05, 4.69) is 4.98 Å². The van der Waals surface area contributed by atoms with Crippen LogP contribution in [0, 0.1) is 5.82 Å². The molecular weight excluding hydrogens is 426 g/mol. The number of aromatic nitrogens is 1. The SMILES string of the molecule is O=C(O)CNC(=O)c1c(O)c2cc(F)cc(Cc3cc(Cl)ccc3Cl)c2[nH]c1=O. The lowest BCUT2D eigenvalue weighted by molar-refractivity contribution is -0.135. The van der Waals surface area contributed by atoms with Crippen molar-refractivity contribution in [3.05, 3.63) is 73.2 Å². The summed E-state index contributed by atoms with van der Waals surface area (Å²) in [6.45, 7) is -0.753. The lowest BCUT2D eigenvalue weighted by Gasteiger charge is -2.12. The second-order valence-corrected chi connectivity index (χ2v) is 7.00. The molecule has 0 aliphatic heterocycles. The zero-order chi connectivity index (χ0) is 21.3. The van der Waals surface area contributed by atoms with Gasteiger partial charge in [0.1, 0.15) is 23.7 Å². The zero-order valence-electron chi connectivity index (χ0n) is 14.6. The van der Waals surface area contributed by atoms with Crippen LogP contribution in [-0.4, -0.2) is 33.6 Å². The molecule has 0 saturated heterocycles. The molecule has 150 valence electrons. The summed E-state index contributed by atoms with van der Waals surface area (Å²) in [5.41, 5.74) is -0.692. The standard InChI is InChI=1S/C19H13Cl2FN2O5/c20-10-1-2-13(21)8(4-10)3-9-5-11(22)6-12-16(9)24-19(29)15(17(12)27)18(28)23-7-14(25)26/h1-2,4-6H,3,7H2,(H,23,28)(H,25,26)(H2,24,27,29). The third kappa shape index (κ3) is 4.33. The quantitative estimate of drug-likeness (QED) is 0.487. The van der Waals surface area contributed by atoms with E-state index in [-0.39, 0.29) is 17.3 Å². The number of nitrogens with one attached hydrogen (secondary N) is 2. The first-order valence-electron chi connectivity index (χ1n) is 8.18. The molecule has 0 unspecified atom stereocenters. The highest BCUT2D eigenvalue weighted by molar-refractivity contribution is 6.33. The Kier molecular flexibility index (Phi) is 5.76. The van der Waals surface area contributed by atoms with Crippen molar-refractivity contribution < 1.29 is 24.2 Å². The lowest BCUT2D eigenvalue weighted by atomic mass is 10.00. The van der Waals surface area contributed by atoms with Gasteiger partial charge in [-0.05, 0) is 41.5 Å². The van der Waals surface area contributed by atoms with Crippen molar-refractivity contribution in [1.29, 1.82) is 0 Å². The first kappa shape index (κ1) is 20.6. The van der Waals surface area contributed by atoms with Crippen LogP contribution in [0.3, 0.4) is 0 Å². The third-order valence-corrected chi connectivity index (χ3v) is 4.76. The molecule has 3 aromatic rings. The van der Waals surface area contributed by atoms with E-state index in [1.807, 2.05) is 5.32 Å². The molecule has 29 heavy (non-hydrogen) atoms. The summed E-state index contributed by atoms with van der Waals surface area (Å²) in [5.74, 6) is -3.91. The van der Waals surface area contributed by atoms with Crippen LogP contribution >= 0.6 is 23.2 Å². The molecule has 10 heteroatoms. The second-order valence-electron chi connectivity index (χ2n) is 6.15. The number of carbonyl (C=O) groups is 2. The smallest absolute Gasteiger partial charge is 0.322 e. The van der Waals surface area contributed by atoms with Crippen molar-refractivity contribution in [3.63, 3.8) is 0 Å². The van der Waals surface area contributed by atoms with Crippen LogP contribution < -0.4 is 10.9 Å². The highest BCUT2D eigenvalue weighted by atomic mass is 35.5. The minimum Gasteiger partial charge on any atom is -0.506 e. The number of benzene rings is 2. The number of aliphatic carboxylic acids is 1. The van der Waals surface area contributed by atoms with Crippen LogP contribution in [0.15, 0.2) is 35.1 Å². The van der Waals surface area contributed by atoms with E-state index in [1.54, 1.807) is 18.2 Å². The fourth-order valence-electron chi connectivity index (χ4n) is 2.89. The molecule has 3 rings (SSSR count). The average molecular weight is 439 g/mol. The Hall–Kier alpha value is -3.10. The maximum atomic E-state index is 14.2. The number of aromatic hydroxyl groups is 1. The van der Waals surface area contributed by atoms with Crippen molar-refractivity contribution in [2.75, 3.05) is 6.54 Å². The molecule has 0 aliphatic rings. The first-order chi connectivity index (χ1) is 13.7. The topological polar surface area (TPSA) is 119 Å². The Morgan fingerprint density at radius 3 is 2.55 bits per heavy atom. The number of pyridine rings is 1. The van der Waals surface area contributed by atoms with Gasteiger partial charge >= 0.3 is 5.97 Å². The van der Waals surface area contributed by atoms with E-state index >= 15 is 0 Å². The summed E-state index contributed by atoms with van der Waals surface area (Å²) in [4.78, 5) is 37.5. The van der Waals surface area contributed by atoms with Gasteiger partial charge in [0.05, 0.1) is 5.52 Å². The number of rotatable bonds is 5. The monoisotopic (exact) mass is 438 g/mol. The van der Waals surface area contributed by atoms with Gasteiger partial charge in [-0.2, -0.15) is 0 Å². The van der Waals surface area contributed by atoms with Crippen LogP contribution in [-0.2, 0) is 11.2 Å². The minimum absolute atomic E-state index is 0.0909. The van der Waals surface area contributed by atoms with Gasteiger partial charge in [-0.1, -0.05) is 23.2 Å². The number of hydrogen-bond donors (Lipinski definition) is 4. The number of carbonyl (C=O) groups excluding carboxylic acids is 1. The lowest BCUT2D eigenvalue weighted by Crippen LogP contribution is -2.33. The average Bonchev–Trinajstić information content (AvgIpc) is 2.64. The fraction of sp³-hybridized carbons (Fsp3) is 0.105. The highest BCUT2D eigenvalue weighted by Crippen LogP contribution is 2.31. The molecule has 1 heterocycles. The summed E-state index contributed by atoms with van der Waals surface area (Å²) >= 11 is 12.1. The number of carboxylic acid groups (broad SMARTS) is 1. The number of hydrogen-bond acceptors (Lipinski definition) is 4. The number of fused-ring (bicyclic) bond motifs is 1. The van der Waals surface area contributed by atoms with Gasteiger partial charge < -0.3 is 20.5 Å². The first-order valence-corrected chi connectivity index (χ1v) is 8.94. The summed E-state index contributed by atoms with van der Waals surface area (Å²) < 4.78 is 14.2. The van der Waals surface area contributed by atoms with Crippen LogP contribution in [0.2, 0.25) is 10.0 Å². The van der Waals surface area contributed by atoms with Gasteiger partial charge in [0.2, 0.25) is 0 Å². The van der Waals surface area contributed by atoms with Crippen molar-refractivity contribution in [1.82, 2.24) is 10.3 Å². The van der Waals surface area contributed by atoms with Crippen LogP contribution in [0.1, 0.15) is 21.5 Å². The van der Waals surface area contributed by atoms with Gasteiger partial charge in [0.25, 0.3) is 11.5 Å². The predicted octanol–water partition coefficient (Wildman–Crippen LogP) is 3.08. The molecule has 0 spiro atoms. The van der Waals surface area contributed by atoms with Gasteiger partial charge in [-0.15, -0.1) is 0 Å². The van der Waals surface area contributed by atoms with Crippen LogP contribution in [0.5, 0.6) is 5.75 Å². The van der Waals surface area contributed by atoms with Crippen LogP contribution in [0.4, 0.5) is 4.39 Å². The number of carboxylic acids is 1. The molecule has 4 N–H and O–H groups in total. The Morgan fingerprint density at radius 1 is 1.14 bits per heavy atom. The second kappa shape index (κ2) is 8.10. The van der Waals surface area contributed by atoms with Gasteiger partial charge in [-0.3, -0.25) is 14.4 Å². The maximum Gasteiger partial charge on any atom is 0.322 e. The molecule has 1 aromatic heterocycles. The summed E-state index contributed by atoms with van der Waals surface area (Å²) in [7, 11) is 0. The number of aromatic amines is 1. The third-order valence-electron chi connectivity index (χ3n) is 4.16. The summed E-state index contributed by atoms with van der Waals surface area (Å²) in [6, 6.07) is 6.88. The van der Waals surface area contributed by atoms with Gasteiger partial charge in [0, 0.05) is 21.9 Å². The van der Waals surface area contributed by atoms with E-state index in [0.29, 0.717) is 21.2 Å². The Morgan fingerprint density at radius 2 is 1.86 bits per heavy atom. The number of H-pyrrole nitrogens is 1.